The van der Waals surface area contributed by atoms with Gasteiger partial charge in [-0.25, -0.2) is 4.90 Å². The second-order valence-corrected chi connectivity index (χ2v) is 7.53. The van der Waals surface area contributed by atoms with Crippen LogP contribution in [0.25, 0.3) is 0 Å². The van der Waals surface area contributed by atoms with Crippen LogP contribution in [0.3, 0.4) is 0 Å². The molecule has 1 fully saturated rings. The molecule has 0 unspecified atom stereocenters. The van der Waals surface area contributed by atoms with Crippen molar-refractivity contribution in [1.29, 1.82) is 0 Å². The maximum absolute atomic E-state index is 13.1. The Morgan fingerprint density at radius 2 is 1.68 bits per heavy atom. The molecular weight excluding hydrogens is 413 g/mol. The zero-order chi connectivity index (χ0) is 22.3. The Kier molecular flexibility index (Phi) is 5.38. The van der Waals surface area contributed by atoms with E-state index in [1.165, 1.54) is 19.2 Å². The Labute approximate surface area is 177 Å². The topological polar surface area (TPSA) is 59.1 Å². The Hall–Kier alpha value is -3.07. The fraction of sp³-hybridized carbons (Fsp3) is 0.364. The number of hydrogen-bond acceptors (Lipinski definition) is 5. The molecule has 0 aliphatic carbocycles. The van der Waals surface area contributed by atoms with Crippen LogP contribution in [-0.2, 0) is 28.7 Å². The van der Waals surface area contributed by atoms with Crippen molar-refractivity contribution in [3.05, 3.63) is 53.1 Å². The molecule has 4 rings (SSSR count). The molecule has 2 aromatic rings. The van der Waals surface area contributed by atoms with Crippen LogP contribution >= 0.6 is 0 Å². The van der Waals surface area contributed by atoms with Crippen molar-refractivity contribution in [2.75, 3.05) is 25.7 Å². The van der Waals surface area contributed by atoms with E-state index in [0.717, 1.165) is 28.2 Å². The smallest absolute Gasteiger partial charge is 0.416 e. The fourth-order valence-corrected chi connectivity index (χ4v) is 4.16. The number of nitrogens with zero attached hydrogens (tertiary/aromatic N) is 2. The van der Waals surface area contributed by atoms with Crippen molar-refractivity contribution in [3.63, 3.8) is 0 Å². The van der Waals surface area contributed by atoms with E-state index in [9.17, 15) is 22.8 Å². The average Bonchev–Trinajstić information content (AvgIpc) is 3.05. The summed E-state index contributed by atoms with van der Waals surface area (Å²) >= 11 is 0. The van der Waals surface area contributed by atoms with Gasteiger partial charge in [0.25, 0.3) is 5.91 Å². The Bertz CT molecular complexity index is 1040. The minimum Gasteiger partial charge on any atom is -0.493 e. The first-order valence-corrected chi connectivity index (χ1v) is 9.75. The molecule has 2 amide bonds. The highest BCUT2D eigenvalue weighted by Crippen LogP contribution is 2.36. The molecule has 1 atom stereocenters. The molecule has 0 saturated carbocycles. The van der Waals surface area contributed by atoms with Crippen LogP contribution in [-0.4, -0.2) is 43.5 Å². The summed E-state index contributed by atoms with van der Waals surface area (Å²) in [7, 11) is 3.10. The molecule has 0 radical (unpaired) electrons. The lowest BCUT2D eigenvalue weighted by Crippen LogP contribution is -2.44. The monoisotopic (exact) mass is 434 g/mol. The quantitative estimate of drug-likeness (QED) is 0.691. The molecule has 9 heteroatoms. The minimum absolute atomic E-state index is 0.0591. The van der Waals surface area contributed by atoms with E-state index in [0.29, 0.717) is 31.0 Å². The third-order valence-corrected chi connectivity index (χ3v) is 5.74. The molecule has 0 spiro atoms. The number of imide groups is 1. The number of halogens is 3. The number of methoxy groups -OCH3 is 2. The maximum atomic E-state index is 13.1. The Morgan fingerprint density at radius 3 is 2.32 bits per heavy atom. The minimum atomic E-state index is -4.56. The first-order chi connectivity index (χ1) is 14.7. The number of amides is 2. The number of carbonyl (C=O) groups excluding carboxylic acids is 2. The Balaban J connectivity index is 1.58. The first kappa shape index (κ1) is 21.2. The number of benzene rings is 2. The number of ether oxygens (including phenoxy) is 2. The van der Waals surface area contributed by atoms with Crippen molar-refractivity contribution >= 4 is 17.5 Å². The lowest BCUT2D eigenvalue weighted by Gasteiger charge is -2.32. The number of rotatable bonds is 4. The third-order valence-electron chi connectivity index (χ3n) is 5.74. The number of alkyl halides is 3. The van der Waals surface area contributed by atoms with Gasteiger partial charge < -0.3 is 9.47 Å². The van der Waals surface area contributed by atoms with E-state index < -0.39 is 29.6 Å². The summed E-state index contributed by atoms with van der Waals surface area (Å²) in [5.74, 6) is 0.181. The largest absolute Gasteiger partial charge is 0.493 e. The van der Waals surface area contributed by atoms with E-state index >= 15 is 0 Å². The predicted octanol–water partition coefficient (Wildman–Crippen LogP) is 3.41. The third kappa shape index (κ3) is 3.85. The standard InChI is InChI=1S/C22H21F3N2O4/c1-30-18-8-13-6-7-26(12-14(13)9-19(18)31-2)17-11-20(28)27(21(17)29)16-5-3-4-15(10-16)22(23,24)25/h3-5,8-10,17H,6-7,11-12H2,1-2H3/t17-/m0/s1. The second-order valence-electron chi connectivity index (χ2n) is 7.53. The fourth-order valence-electron chi connectivity index (χ4n) is 4.16. The van der Waals surface area contributed by atoms with Gasteiger partial charge in [0.2, 0.25) is 5.91 Å². The molecular formula is C22H21F3N2O4. The zero-order valence-corrected chi connectivity index (χ0v) is 17.0. The number of fused-ring (bicyclic) bond motifs is 1. The maximum Gasteiger partial charge on any atom is 0.416 e. The van der Waals surface area contributed by atoms with Crippen LogP contribution in [0.5, 0.6) is 11.5 Å². The van der Waals surface area contributed by atoms with Gasteiger partial charge in [0.1, 0.15) is 0 Å². The summed E-state index contributed by atoms with van der Waals surface area (Å²) in [6, 6.07) is 7.33. The lowest BCUT2D eigenvalue weighted by molar-refractivity contribution is -0.137. The van der Waals surface area contributed by atoms with Crippen molar-refractivity contribution in [1.82, 2.24) is 4.90 Å². The van der Waals surface area contributed by atoms with E-state index in [4.69, 9.17) is 9.47 Å². The highest BCUT2D eigenvalue weighted by Gasteiger charge is 2.44. The molecule has 1 saturated heterocycles. The Morgan fingerprint density at radius 1 is 1.00 bits per heavy atom. The van der Waals surface area contributed by atoms with Gasteiger partial charge >= 0.3 is 6.18 Å². The molecule has 0 bridgehead atoms. The number of carbonyl (C=O) groups is 2. The lowest BCUT2D eigenvalue weighted by atomic mass is 9.97. The van der Waals surface area contributed by atoms with Gasteiger partial charge in [-0.1, -0.05) is 6.07 Å². The van der Waals surface area contributed by atoms with Crippen molar-refractivity contribution in [2.24, 2.45) is 0 Å². The van der Waals surface area contributed by atoms with Crippen molar-refractivity contribution in [3.8, 4) is 11.5 Å². The van der Waals surface area contributed by atoms with Crippen LogP contribution in [0.1, 0.15) is 23.1 Å². The molecule has 0 N–H and O–H groups in total. The summed E-state index contributed by atoms with van der Waals surface area (Å²) in [6.45, 7) is 0.971. The van der Waals surface area contributed by atoms with Crippen molar-refractivity contribution in [2.45, 2.75) is 31.6 Å². The van der Waals surface area contributed by atoms with E-state index in [1.54, 1.807) is 7.11 Å². The predicted molar refractivity (Wildman–Crippen MR) is 106 cm³/mol. The molecule has 6 nitrogen and oxygen atoms in total. The molecule has 2 heterocycles. The van der Waals surface area contributed by atoms with Crippen LogP contribution in [0.2, 0.25) is 0 Å². The van der Waals surface area contributed by atoms with Crippen LogP contribution < -0.4 is 14.4 Å². The SMILES string of the molecule is COc1cc2c(cc1OC)CN([C@H]1CC(=O)N(c3cccc(C(F)(F)F)c3)C1=O)CC2. The number of anilines is 1. The molecule has 164 valence electrons. The van der Waals surface area contributed by atoms with Gasteiger partial charge in [0, 0.05) is 13.1 Å². The van der Waals surface area contributed by atoms with Gasteiger partial charge in [-0.15, -0.1) is 0 Å². The highest BCUT2D eigenvalue weighted by molar-refractivity contribution is 6.22. The summed E-state index contributed by atoms with van der Waals surface area (Å²) < 4.78 is 49.9. The summed E-state index contributed by atoms with van der Waals surface area (Å²) in [4.78, 5) is 28.4. The summed E-state index contributed by atoms with van der Waals surface area (Å²) in [5, 5.41) is 0. The van der Waals surface area contributed by atoms with Gasteiger partial charge in [0.05, 0.1) is 37.9 Å². The molecule has 0 aromatic heterocycles. The van der Waals surface area contributed by atoms with Gasteiger partial charge in [-0.2, -0.15) is 13.2 Å². The molecule has 2 aromatic carbocycles. The molecule has 2 aliphatic rings. The second kappa shape index (κ2) is 7.88. The number of hydrogen-bond donors (Lipinski definition) is 0. The highest BCUT2D eigenvalue weighted by atomic mass is 19.4. The molecule has 2 aliphatic heterocycles. The molecule has 31 heavy (non-hydrogen) atoms. The van der Waals surface area contributed by atoms with Crippen LogP contribution in [0.4, 0.5) is 18.9 Å². The first-order valence-electron chi connectivity index (χ1n) is 9.75. The van der Waals surface area contributed by atoms with Gasteiger partial charge in [0.15, 0.2) is 11.5 Å². The average molecular weight is 434 g/mol. The van der Waals surface area contributed by atoms with Crippen LogP contribution in [0.15, 0.2) is 36.4 Å². The zero-order valence-electron chi connectivity index (χ0n) is 17.0. The van der Waals surface area contributed by atoms with E-state index in [1.807, 2.05) is 17.0 Å². The van der Waals surface area contributed by atoms with E-state index in [-0.39, 0.29) is 12.1 Å². The summed E-state index contributed by atoms with van der Waals surface area (Å²) in [5.41, 5.74) is 1.07. The van der Waals surface area contributed by atoms with Crippen molar-refractivity contribution < 1.29 is 32.2 Å². The van der Waals surface area contributed by atoms with Gasteiger partial charge in [-0.05, 0) is 47.9 Å². The van der Waals surface area contributed by atoms with Crippen LogP contribution in [0, 0.1) is 0 Å². The van der Waals surface area contributed by atoms with E-state index in [2.05, 4.69) is 0 Å². The normalized spacial score (nSPS) is 19.5. The van der Waals surface area contributed by atoms with Gasteiger partial charge in [-0.3, -0.25) is 14.5 Å². The summed E-state index contributed by atoms with van der Waals surface area (Å²) in [6.07, 6.45) is -3.98.